The minimum absolute atomic E-state index is 0.150. The highest BCUT2D eigenvalue weighted by Gasteiger charge is 2.17. The molecule has 3 amide bonds. The topological polar surface area (TPSA) is 195 Å². The molecule has 2 aromatic carbocycles. The van der Waals surface area contributed by atoms with E-state index in [0.29, 0.717) is 5.69 Å². The first-order valence-corrected chi connectivity index (χ1v) is 13.9. The second-order valence-corrected chi connectivity index (χ2v) is 11.6. The van der Waals surface area contributed by atoms with E-state index in [-0.39, 0.29) is 12.5 Å². The number of fused-ring (bicyclic) bond motifs is 2. The Kier molecular flexibility index (Phi) is 13.0. The number of nitrogen functional groups attached to an aromatic ring is 1. The van der Waals surface area contributed by atoms with Gasteiger partial charge in [-0.3, -0.25) is 19.6 Å². The number of hydrogen-bond donors (Lipinski definition) is 5. The summed E-state index contributed by atoms with van der Waals surface area (Å²) in [6.07, 6.45) is 5.71. The minimum atomic E-state index is -1.10. The Balaban J connectivity index is 0.000000259. The Labute approximate surface area is 261 Å². The zero-order valence-corrected chi connectivity index (χ0v) is 26.2. The number of carbonyl (C=O) groups excluding carboxylic acids is 3. The standard InChI is InChI=1S/C16H19N3O3.C9H8N2.C7H13NO4/c1-16(2,3)22-15(21)18-10-14(20)19-13-5-4-12-9-17-7-6-11(12)8-13;10-9-2-1-8-6-11-4-3-7(8)5-9;1-7(2,3)12-6(11)8-4-5(9)10/h4-9H,10H2,1-3H3,(H,18,21)(H,19,20);1-6H,10H2;4H2,1-3H3,(H,8,11)(H,9,10). The molecule has 13 nitrogen and oxygen atoms in total. The van der Waals surface area contributed by atoms with E-state index in [4.69, 9.17) is 20.3 Å². The number of aromatic nitrogens is 2. The minimum Gasteiger partial charge on any atom is -0.480 e. The van der Waals surface area contributed by atoms with Crippen LogP contribution in [0.25, 0.3) is 21.5 Å². The van der Waals surface area contributed by atoms with Gasteiger partial charge in [-0.1, -0.05) is 12.1 Å². The average molecular weight is 621 g/mol. The molecule has 0 atom stereocenters. The SMILES string of the molecule is CC(C)(C)OC(=O)NCC(=O)Nc1ccc2cnccc2c1.CC(C)(C)OC(=O)NCC(=O)O.Nc1ccc2cnccc2c1. The summed E-state index contributed by atoms with van der Waals surface area (Å²) in [5.74, 6) is -1.42. The summed E-state index contributed by atoms with van der Waals surface area (Å²) < 4.78 is 9.83. The highest BCUT2D eigenvalue weighted by molar-refractivity contribution is 5.96. The van der Waals surface area contributed by atoms with Crippen LogP contribution in [0.2, 0.25) is 0 Å². The summed E-state index contributed by atoms with van der Waals surface area (Å²) in [6.45, 7) is 9.82. The van der Waals surface area contributed by atoms with E-state index in [9.17, 15) is 19.2 Å². The molecule has 4 rings (SSSR count). The molecule has 0 aliphatic rings. The Morgan fingerprint density at radius 3 is 1.71 bits per heavy atom. The smallest absolute Gasteiger partial charge is 0.408 e. The maximum atomic E-state index is 11.8. The van der Waals surface area contributed by atoms with Gasteiger partial charge in [-0.05, 0) is 88.7 Å². The zero-order valence-electron chi connectivity index (χ0n) is 26.2. The van der Waals surface area contributed by atoms with E-state index >= 15 is 0 Å². The maximum Gasteiger partial charge on any atom is 0.408 e. The Morgan fingerprint density at radius 1 is 0.711 bits per heavy atom. The number of amides is 3. The maximum absolute atomic E-state index is 11.8. The number of carboxylic acids is 1. The Morgan fingerprint density at radius 2 is 1.20 bits per heavy atom. The van der Waals surface area contributed by atoms with Gasteiger partial charge >= 0.3 is 18.2 Å². The number of aliphatic carboxylic acids is 1. The van der Waals surface area contributed by atoms with Crippen LogP contribution in [-0.2, 0) is 19.1 Å². The fourth-order valence-corrected chi connectivity index (χ4v) is 3.40. The quantitative estimate of drug-likeness (QED) is 0.187. The number of rotatable bonds is 5. The van der Waals surface area contributed by atoms with Crippen LogP contribution < -0.4 is 21.7 Å². The molecule has 0 aliphatic carbocycles. The normalized spacial score (nSPS) is 10.7. The van der Waals surface area contributed by atoms with Crippen molar-refractivity contribution in [3.05, 3.63) is 73.3 Å². The molecule has 2 heterocycles. The number of carboxylic acid groups (broad SMARTS) is 1. The fraction of sp³-hybridized carbons (Fsp3) is 0.312. The van der Waals surface area contributed by atoms with Crippen molar-refractivity contribution in [2.24, 2.45) is 0 Å². The molecule has 0 saturated heterocycles. The number of nitrogens with one attached hydrogen (secondary N) is 3. The predicted octanol–water partition coefficient (Wildman–Crippen LogP) is 5.11. The van der Waals surface area contributed by atoms with Crippen molar-refractivity contribution in [2.75, 3.05) is 24.1 Å². The molecule has 13 heteroatoms. The van der Waals surface area contributed by atoms with Crippen molar-refractivity contribution >= 4 is 57.0 Å². The van der Waals surface area contributed by atoms with E-state index in [1.54, 1.807) is 66.2 Å². The number of carbonyl (C=O) groups is 4. The lowest BCUT2D eigenvalue weighted by Gasteiger charge is -2.19. The lowest BCUT2D eigenvalue weighted by Crippen LogP contribution is -2.37. The van der Waals surface area contributed by atoms with Gasteiger partial charge in [0.25, 0.3) is 0 Å². The zero-order chi connectivity index (χ0) is 33.6. The van der Waals surface area contributed by atoms with E-state index < -0.39 is 35.9 Å². The van der Waals surface area contributed by atoms with Crippen molar-refractivity contribution in [1.82, 2.24) is 20.6 Å². The number of ether oxygens (including phenoxy) is 2. The van der Waals surface area contributed by atoms with Crippen molar-refractivity contribution in [3.8, 4) is 0 Å². The number of hydrogen-bond acceptors (Lipinski definition) is 9. The summed E-state index contributed by atoms with van der Waals surface area (Å²) >= 11 is 0. The summed E-state index contributed by atoms with van der Waals surface area (Å²) in [6, 6.07) is 15.1. The highest BCUT2D eigenvalue weighted by Crippen LogP contribution is 2.18. The van der Waals surface area contributed by atoms with Gasteiger partial charge in [0.1, 0.15) is 24.3 Å². The lowest BCUT2D eigenvalue weighted by atomic mass is 10.1. The molecule has 0 spiro atoms. The largest absolute Gasteiger partial charge is 0.480 e. The first-order valence-electron chi connectivity index (χ1n) is 13.9. The number of nitrogens with zero attached hydrogens (tertiary/aromatic N) is 2. The third kappa shape index (κ3) is 15.0. The third-order valence-electron chi connectivity index (χ3n) is 5.16. The van der Waals surface area contributed by atoms with Gasteiger partial charge in [-0.15, -0.1) is 0 Å². The van der Waals surface area contributed by atoms with Crippen LogP contribution in [0.1, 0.15) is 41.5 Å². The highest BCUT2D eigenvalue weighted by atomic mass is 16.6. The van der Waals surface area contributed by atoms with Gasteiger partial charge < -0.3 is 36.3 Å². The number of anilines is 2. The molecule has 4 aromatic rings. The molecule has 0 fully saturated rings. The van der Waals surface area contributed by atoms with Crippen molar-refractivity contribution < 1.29 is 33.8 Å². The molecule has 45 heavy (non-hydrogen) atoms. The average Bonchev–Trinajstić information content (AvgIpc) is 2.94. The van der Waals surface area contributed by atoms with Crippen molar-refractivity contribution in [1.29, 1.82) is 0 Å². The summed E-state index contributed by atoms with van der Waals surface area (Å²) in [7, 11) is 0. The van der Waals surface area contributed by atoms with Gasteiger partial charge in [-0.2, -0.15) is 0 Å². The van der Waals surface area contributed by atoms with Crippen molar-refractivity contribution in [3.63, 3.8) is 0 Å². The Hall–Kier alpha value is -5.46. The molecule has 240 valence electrons. The molecule has 2 aromatic heterocycles. The summed E-state index contributed by atoms with van der Waals surface area (Å²) in [4.78, 5) is 52.1. The van der Waals surface area contributed by atoms with Crippen LogP contribution in [-0.4, -0.2) is 63.4 Å². The second-order valence-electron chi connectivity index (χ2n) is 11.6. The monoisotopic (exact) mass is 620 g/mol. The summed E-state index contributed by atoms with van der Waals surface area (Å²) in [5, 5.41) is 19.6. The van der Waals surface area contributed by atoms with Crippen LogP contribution in [0.4, 0.5) is 21.0 Å². The van der Waals surface area contributed by atoms with Crippen molar-refractivity contribution in [2.45, 2.75) is 52.7 Å². The first kappa shape index (κ1) is 35.7. The second kappa shape index (κ2) is 16.4. The van der Waals surface area contributed by atoms with E-state index in [1.165, 1.54) is 0 Å². The van der Waals surface area contributed by atoms with Crippen LogP contribution in [0.15, 0.2) is 73.3 Å². The molecular weight excluding hydrogens is 580 g/mol. The van der Waals surface area contributed by atoms with Gasteiger partial charge in [0.15, 0.2) is 0 Å². The van der Waals surface area contributed by atoms with Gasteiger partial charge in [0, 0.05) is 46.9 Å². The number of nitrogens with two attached hydrogens (primary N) is 1. The molecular formula is C32H40N6O7. The first-order chi connectivity index (χ1) is 21.0. The van der Waals surface area contributed by atoms with Gasteiger partial charge in [-0.25, -0.2) is 9.59 Å². The molecule has 0 bridgehead atoms. The number of alkyl carbamates (subject to hydrolysis) is 2. The molecule has 0 unspecified atom stereocenters. The Bertz CT molecular complexity index is 1610. The van der Waals surface area contributed by atoms with Gasteiger partial charge in [0.2, 0.25) is 5.91 Å². The third-order valence-corrected chi connectivity index (χ3v) is 5.16. The summed E-state index contributed by atoms with van der Waals surface area (Å²) in [5.41, 5.74) is 5.88. The number of pyridine rings is 2. The lowest BCUT2D eigenvalue weighted by molar-refractivity contribution is -0.136. The molecule has 6 N–H and O–H groups in total. The molecule has 0 aliphatic heterocycles. The van der Waals surface area contributed by atoms with Crippen LogP contribution in [0.3, 0.4) is 0 Å². The predicted molar refractivity (Wildman–Crippen MR) is 173 cm³/mol. The van der Waals surface area contributed by atoms with Crippen LogP contribution in [0.5, 0.6) is 0 Å². The van der Waals surface area contributed by atoms with E-state index in [2.05, 4.69) is 25.9 Å². The van der Waals surface area contributed by atoms with E-state index in [1.807, 2.05) is 48.7 Å². The number of benzene rings is 2. The van der Waals surface area contributed by atoms with Crippen LogP contribution >= 0.6 is 0 Å². The van der Waals surface area contributed by atoms with Gasteiger partial charge in [0.05, 0.1) is 0 Å². The fourth-order valence-electron chi connectivity index (χ4n) is 3.40. The molecule has 0 radical (unpaired) electrons. The molecule has 0 saturated carbocycles. The van der Waals surface area contributed by atoms with E-state index in [0.717, 1.165) is 27.2 Å². The van der Waals surface area contributed by atoms with Crippen LogP contribution in [0, 0.1) is 0 Å².